The number of halogens is 20. The van der Waals surface area contributed by atoms with Crippen LogP contribution in [0.3, 0.4) is 0 Å². The molecular weight excluding hydrogens is 957 g/mol. The Balaban J connectivity index is 0.000000369. The van der Waals surface area contributed by atoms with E-state index >= 15 is 35.1 Å². The minimum atomic E-state index is -7.22. The molecule has 0 atom stereocenters. The van der Waals surface area contributed by atoms with Crippen LogP contribution in [0.1, 0.15) is 90.9 Å². The third kappa shape index (κ3) is 10.6. The second-order valence-corrected chi connectivity index (χ2v) is 15.8. The van der Waals surface area contributed by atoms with Crippen molar-refractivity contribution in [1.29, 1.82) is 0 Å². The van der Waals surface area contributed by atoms with Gasteiger partial charge in [-0.15, -0.1) is 21.9 Å². The summed E-state index contributed by atoms with van der Waals surface area (Å²) < 4.78 is 294. The third-order valence-electron chi connectivity index (χ3n) is 11.6. The van der Waals surface area contributed by atoms with E-state index in [4.69, 9.17) is 0 Å². The molecule has 0 amide bonds. The molecule has 0 aromatic heterocycles. The summed E-state index contributed by atoms with van der Waals surface area (Å²) in [6.07, 6.45) is 9.57. The van der Waals surface area contributed by atoms with Gasteiger partial charge in [0.05, 0.1) is 13.1 Å². The van der Waals surface area contributed by atoms with Crippen LogP contribution >= 0.6 is 0 Å². The Kier molecular flexibility index (Phi) is 19.4. The van der Waals surface area contributed by atoms with Crippen LogP contribution in [0.15, 0.2) is 30.3 Å². The molecule has 5 aromatic carbocycles. The zero-order chi connectivity index (χ0) is 50.9. The highest BCUT2D eigenvalue weighted by molar-refractivity contribution is 7.20. The summed E-state index contributed by atoms with van der Waals surface area (Å²) >= 11 is 0. The smallest absolute Gasteiger partial charge is 0.200 e. The molecule has 0 aliphatic carbocycles. The molecule has 0 bridgehead atoms. The minimum absolute atomic E-state index is 1.31. The molecular formula is C46H40BF20N. The van der Waals surface area contributed by atoms with E-state index in [0.717, 1.165) is 0 Å². The molecule has 0 heterocycles. The summed E-state index contributed by atoms with van der Waals surface area (Å²) in [6, 6.07) is 11.1. The summed E-state index contributed by atoms with van der Waals surface area (Å²) in [4.78, 5) is 1.71. The van der Waals surface area contributed by atoms with Crippen LogP contribution in [0.4, 0.5) is 93.5 Å². The number of benzene rings is 5. The van der Waals surface area contributed by atoms with Gasteiger partial charge in [0.1, 0.15) is 58.4 Å². The van der Waals surface area contributed by atoms with Crippen LogP contribution in [0.2, 0.25) is 0 Å². The average Bonchev–Trinajstić information content (AvgIpc) is 3.33. The predicted molar refractivity (Wildman–Crippen MR) is 213 cm³/mol. The van der Waals surface area contributed by atoms with E-state index in [9.17, 15) is 52.7 Å². The second-order valence-electron chi connectivity index (χ2n) is 15.8. The fourth-order valence-electron chi connectivity index (χ4n) is 8.20. The van der Waals surface area contributed by atoms with Crippen LogP contribution in [-0.2, 0) is 0 Å². The molecule has 1 N–H and O–H groups in total. The highest BCUT2D eigenvalue weighted by atomic mass is 19.2. The summed E-state index contributed by atoms with van der Waals surface area (Å²) in [5, 5.41) is 0. The first-order chi connectivity index (χ1) is 32.1. The largest absolute Gasteiger partial charge is 0.302 e. The van der Waals surface area contributed by atoms with E-state index in [1.807, 2.05) is 0 Å². The van der Waals surface area contributed by atoms with Gasteiger partial charge in [0.15, 0.2) is 69.8 Å². The quantitative estimate of drug-likeness (QED) is 0.0276. The lowest BCUT2D eigenvalue weighted by molar-refractivity contribution is -0.833. The SMILES string of the molecule is CCCCCCCC[NH+](CCCCCCCC)c1ccccc1.Fc1c(F)c(F)c([B-](c2c(F)c(F)c(F)c(F)c2F)(c2c(F)c(F)c(F)c(F)c2F)c2c(F)c(F)c(F)c(F)c2F)c(F)c1F. The monoisotopic (exact) mass is 997 g/mol. The van der Waals surface area contributed by atoms with Crippen molar-refractivity contribution in [2.75, 3.05) is 13.1 Å². The van der Waals surface area contributed by atoms with E-state index in [-0.39, 0.29) is 0 Å². The number of unbranched alkanes of at least 4 members (excludes halogenated alkanes) is 10. The van der Waals surface area contributed by atoms with Gasteiger partial charge in [-0.25, -0.2) is 87.8 Å². The van der Waals surface area contributed by atoms with Gasteiger partial charge in [0.2, 0.25) is 0 Å². The van der Waals surface area contributed by atoms with Crippen molar-refractivity contribution < 1.29 is 92.7 Å². The van der Waals surface area contributed by atoms with Crippen LogP contribution in [0.5, 0.6) is 0 Å². The molecule has 5 rings (SSSR count). The maximum atomic E-state index is 15.4. The van der Waals surface area contributed by atoms with Crippen LogP contribution < -0.4 is 26.8 Å². The van der Waals surface area contributed by atoms with E-state index in [2.05, 4.69) is 44.2 Å². The number of quaternary nitrogens is 1. The number of rotatable bonds is 19. The molecule has 0 saturated carbocycles. The Morgan fingerprint density at radius 1 is 0.279 bits per heavy atom. The molecule has 0 unspecified atom stereocenters. The normalized spacial score (nSPS) is 11.8. The molecule has 0 aliphatic heterocycles. The number of para-hydroxylation sites is 1. The highest BCUT2D eigenvalue weighted by Crippen LogP contribution is 2.31. The molecule has 68 heavy (non-hydrogen) atoms. The van der Waals surface area contributed by atoms with Crippen molar-refractivity contribution in [3.05, 3.63) is 147 Å². The Hall–Kier alpha value is -5.28. The van der Waals surface area contributed by atoms with Crippen molar-refractivity contribution >= 4 is 33.7 Å². The van der Waals surface area contributed by atoms with Crippen molar-refractivity contribution in [3.63, 3.8) is 0 Å². The molecule has 5 aromatic rings. The van der Waals surface area contributed by atoms with Gasteiger partial charge in [-0.2, -0.15) is 0 Å². The molecule has 0 saturated heterocycles. The topological polar surface area (TPSA) is 4.44 Å². The molecule has 372 valence electrons. The van der Waals surface area contributed by atoms with Gasteiger partial charge < -0.3 is 4.90 Å². The zero-order valence-corrected chi connectivity index (χ0v) is 35.9. The first kappa shape index (κ1) is 55.3. The van der Waals surface area contributed by atoms with Crippen molar-refractivity contribution in [2.24, 2.45) is 0 Å². The van der Waals surface area contributed by atoms with E-state index in [0.29, 0.717) is 0 Å². The zero-order valence-electron chi connectivity index (χ0n) is 35.9. The van der Waals surface area contributed by atoms with Crippen molar-refractivity contribution in [1.82, 2.24) is 0 Å². The molecule has 22 heteroatoms. The molecule has 0 spiro atoms. The maximum absolute atomic E-state index is 15.4. The van der Waals surface area contributed by atoms with Gasteiger partial charge >= 0.3 is 0 Å². The lowest BCUT2D eigenvalue weighted by Crippen LogP contribution is -3.07. The fourth-order valence-corrected chi connectivity index (χ4v) is 8.20. The van der Waals surface area contributed by atoms with Gasteiger partial charge in [0.25, 0.3) is 0 Å². The molecule has 0 aliphatic rings. The van der Waals surface area contributed by atoms with E-state index in [1.54, 1.807) is 4.90 Å². The Labute approximate surface area is 376 Å². The number of hydrogen-bond donors (Lipinski definition) is 1. The predicted octanol–water partition coefficient (Wildman–Crippen LogP) is 11.8. The highest BCUT2D eigenvalue weighted by Gasteiger charge is 2.52. The average molecular weight is 998 g/mol. The molecule has 0 fully saturated rings. The van der Waals surface area contributed by atoms with Gasteiger partial charge in [-0.1, -0.05) is 83.4 Å². The fraction of sp³-hybridized carbons (Fsp3) is 0.348. The van der Waals surface area contributed by atoms with Crippen LogP contribution in [0, 0.1) is 116 Å². The molecule has 1 nitrogen and oxygen atoms in total. The first-order valence-corrected chi connectivity index (χ1v) is 21.2. The third-order valence-corrected chi connectivity index (χ3v) is 11.6. The lowest BCUT2D eigenvalue weighted by Gasteiger charge is -2.44. The minimum Gasteiger partial charge on any atom is -0.302 e. The maximum Gasteiger partial charge on any atom is 0.200 e. The van der Waals surface area contributed by atoms with Crippen LogP contribution in [0.25, 0.3) is 0 Å². The Morgan fingerprint density at radius 2 is 0.485 bits per heavy atom. The molecule has 0 radical (unpaired) electrons. The number of hydrogen-bond acceptors (Lipinski definition) is 0. The van der Waals surface area contributed by atoms with Crippen molar-refractivity contribution in [3.8, 4) is 0 Å². The van der Waals surface area contributed by atoms with Gasteiger partial charge in [-0.05, 0) is 37.8 Å². The number of nitrogens with one attached hydrogen (secondary N) is 1. The van der Waals surface area contributed by atoms with E-state index < -0.39 is 144 Å². The van der Waals surface area contributed by atoms with Crippen molar-refractivity contribution in [2.45, 2.75) is 90.9 Å². The lowest BCUT2D eigenvalue weighted by atomic mass is 9.12. The Morgan fingerprint density at radius 3 is 0.721 bits per heavy atom. The summed E-state index contributed by atoms with van der Waals surface area (Å²) in [5.41, 5.74) is -12.8. The Bertz CT molecular complexity index is 2170. The second kappa shape index (κ2) is 23.8. The van der Waals surface area contributed by atoms with Gasteiger partial charge in [-0.3, -0.25) is 0 Å². The summed E-state index contributed by atoms with van der Waals surface area (Å²) in [6.45, 7) is 7.21. The summed E-state index contributed by atoms with van der Waals surface area (Å²) in [5.74, 6) is -71.4. The van der Waals surface area contributed by atoms with E-state index in [1.165, 1.54) is 95.8 Å². The van der Waals surface area contributed by atoms with Crippen LogP contribution in [-0.4, -0.2) is 19.2 Å². The summed E-state index contributed by atoms with van der Waals surface area (Å²) in [7, 11) is 0. The standard InChI is InChI=1S/C24BF20.C22H39N/c26-5-1(6(27)14(35)21(42)13(5)34)25(2-7(28)15(36)22(43)16(37)8(2)29,3-9(30)17(38)23(44)18(39)10(3)31)4-11(32)19(40)24(45)20(41)12(4)33;1-3-5-7-9-11-16-20-23(22-18-14-13-15-19-22)21-17-12-10-8-6-4-2/h;13-15,18-19H,3-12,16-17,20-21H2,1-2H3/q-1;/p+1. The first-order valence-electron chi connectivity index (χ1n) is 21.2. The van der Waals surface area contributed by atoms with Gasteiger partial charge in [0, 0.05) is 0 Å².